The Bertz CT molecular complexity index is 651. The summed E-state index contributed by atoms with van der Waals surface area (Å²) in [6.45, 7) is 7.53. The molecule has 0 saturated carbocycles. The van der Waals surface area contributed by atoms with Crippen molar-refractivity contribution in [3.63, 3.8) is 0 Å². The van der Waals surface area contributed by atoms with Crippen molar-refractivity contribution in [3.8, 4) is 0 Å². The topological polar surface area (TPSA) is 73.8 Å². The second-order valence-electron chi connectivity index (χ2n) is 6.25. The molecule has 0 saturated heterocycles. The van der Waals surface area contributed by atoms with Crippen LogP contribution >= 0.6 is 11.3 Å². The van der Waals surface area contributed by atoms with Gasteiger partial charge in [0.1, 0.15) is 5.70 Å². The third kappa shape index (κ3) is 7.49. The maximum absolute atomic E-state index is 12.6. The van der Waals surface area contributed by atoms with Gasteiger partial charge in [-0.1, -0.05) is 19.4 Å². The van der Waals surface area contributed by atoms with Gasteiger partial charge in [-0.25, -0.2) is 4.99 Å². The summed E-state index contributed by atoms with van der Waals surface area (Å²) >= 11 is 1.58. The Morgan fingerprint density at radius 3 is 2.62 bits per heavy atom. The van der Waals surface area contributed by atoms with Crippen molar-refractivity contribution >= 4 is 28.9 Å². The summed E-state index contributed by atoms with van der Waals surface area (Å²) in [5.41, 5.74) is 2.05. The summed E-state index contributed by atoms with van der Waals surface area (Å²) < 4.78 is 0. The molecule has 0 aromatic carbocycles. The zero-order valence-electron chi connectivity index (χ0n) is 16.4. The van der Waals surface area contributed by atoms with E-state index in [0.29, 0.717) is 12.2 Å². The molecule has 0 fully saturated rings. The van der Waals surface area contributed by atoms with Crippen molar-refractivity contribution in [2.45, 2.75) is 33.6 Å². The van der Waals surface area contributed by atoms with E-state index in [1.807, 2.05) is 38.4 Å². The largest absolute Gasteiger partial charge is 0.358 e. The Labute approximate surface area is 160 Å². The van der Waals surface area contributed by atoms with E-state index in [1.54, 1.807) is 11.3 Å². The average Bonchev–Trinajstić information content (AvgIpc) is 3.16. The zero-order chi connectivity index (χ0) is 19.5. The van der Waals surface area contributed by atoms with E-state index in [1.165, 1.54) is 7.05 Å². The summed E-state index contributed by atoms with van der Waals surface area (Å²) in [7, 11) is 3.58. The maximum atomic E-state index is 12.6. The highest BCUT2D eigenvalue weighted by molar-refractivity contribution is 7.12. The number of rotatable bonds is 10. The van der Waals surface area contributed by atoms with Gasteiger partial charge in [-0.3, -0.25) is 9.59 Å². The van der Waals surface area contributed by atoms with Gasteiger partial charge in [0.25, 0.3) is 5.91 Å². The normalized spacial score (nSPS) is 12.8. The Kier molecular flexibility index (Phi) is 9.83. The lowest BCUT2D eigenvalue weighted by molar-refractivity contribution is -0.124. The lowest BCUT2D eigenvalue weighted by Crippen LogP contribution is -2.36. The molecule has 0 aliphatic carbocycles. The van der Waals surface area contributed by atoms with Crippen LogP contribution in [0.2, 0.25) is 0 Å². The SMILES string of the molecule is CCCCN(C)C/C(C)=C(/N=C(C)c1cccs1)C(=O)NCC(=O)NC. The molecule has 1 rings (SSSR count). The van der Waals surface area contributed by atoms with Crippen molar-refractivity contribution in [2.75, 3.05) is 33.7 Å². The number of hydrogen-bond donors (Lipinski definition) is 2. The van der Waals surface area contributed by atoms with Crippen LogP contribution in [-0.2, 0) is 9.59 Å². The molecular weight excluding hydrogens is 348 g/mol. The fourth-order valence-electron chi connectivity index (χ4n) is 2.37. The summed E-state index contributed by atoms with van der Waals surface area (Å²) in [4.78, 5) is 31.9. The van der Waals surface area contributed by atoms with Crippen LogP contribution in [0.15, 0.2) is 33.8 Å². The Balaban J connectivity index is 3.03. The number of carbonyl (C=O) groups is 2. The molecule has 2 amide bonds. The number of unbranched alkanes of at least 4 members (excludes halogenated alkanes) is 1. The van der Waals surface area contributed by atoms with Gasteiger partial charge in [0.05, 0.1) is 12.3 Å². The molecule has 6 nitrogen and oxygen atoms in total. The molecule has 1 aromatic heterocycles. The summed E-state index contributed by atoms with van der Waals surface area (Å²) in [6, 6.07) is 3.94. The van der Waals surface area contributed by atoms with Crippen molar-refractivity contribution in [1.82, 2.24) is 15.5 Å². The van der Waals surface area contributed by atoms with Crippen LogP contribution in [0.1, 0.15) is 38.5 Å². The second kappa shape index (κ2) is 11.6. The van der Waals surface area contributed by atoms with Crippen LogP contribution in [0.5, 0.6) is 0 Å². The number of hydrogen-bond acceptors (Lipinski definition) is 5. The van der Waals surface area contributed by atoms with Crippen LogP contribution in [0.3, 0.4) is 0 Å². The van der Waals surface area contributed by atoms with Crippen LogP contribution in [0.4, 0.5) is 0 Å². The number of thiophene rings is 1. The van der Waals surface area contributed by atoms with Crippen molar-refractivity contribution < 1.29 is 9.59 Å². The first-order valence-electron chi connectivity index (χ1n) is 8.85. The molecular formula is C19H30N4O2S. The van der Waals surface area contributed by atoms with E-state index in [0.717, 1.165) is 35.5 Å². The number of carbonyl (C=O) groups excluding carboxylic acids is 2. The van der Waals surface area contributed by atoms with Gasteiger partial charge in [-0.2, -0.15) is 0 Å². The Hall–Kier alpha value is -1.99. The fraction of sp³-hybridized carbons (Fsp3) is 0.526. The first kappa shape index (κ1) is 22.1. The molecule has 26 heavy (non-hydrogen) atoms. The van der Waals surface area contributed by atoms with E-state index in [9.17, 15) is 9.59 Å². The molecule has 0 aliphatic rings. The number of aliphatic imine (C=N–C) groups is 1. The van der Waals surface area contributed by atoms with Gasteiger partial charge >= 0.3 is 0 Å². The Morgan fingerprint density at radius 1 is 1.31 bits per heavy atom. The standard InChI is InChI=1S/C19H30N4O2S/c1-6-7-10-23(5)13-14(2)18(19(25)21-12-17(24)20-4)22-15(3)16-9-8-11-26-16/h8-9,11H,6-7,10,12-13H2,1-5H3,(H,20,24)(H,21,25)/b18-14+,22-15?. The first-order valence-corrected chi connectivity index (χ1v) is 9.73. The molecule has 1 aromatic rings. The minimum absolute atomic E-state index is 0.0641. The smallest absolute Gasteiger partial charge is 0.270 e. The third-order valence-electron chi connectivity index (χ3n) is 3.87. The molecule has 0 aliphatic heterocycles. The maximum Gasteiger partial charge on any atom is 0.270 e. The van der Waals surface area contributed by atoms with Crippen molar-refractivity contribution in [2.24, 2.45) is 4.99 Å². The van der Waals surface area contributed by atoms with Gasteiger partial charge in [-0.15, -0.1) is 11.3 Å². The summed E-state index contributed by atoms with van der Waals surface area (Å²) in [5, 5.41) is 7.13. The molecule has 0 unspecified atom stereocenters. The van der Waals surface area contributed by atoms with Gasteiger partial charge in [-0.05, 0) is 50.9 Å². The van der Waals surface area contributed by atoms with Crippen LogP contribution in [0.25, 0.3) is 0 Å². The highest BCUT2D eigenvalue weighted by atomic mass is 32.1. The lowest BCUT2D eigenvalue weighted by Gasteiger charge is -2.18. The van der Waals surface area contributed by atoms with Crippen molar-refractivity contribution in [3.05, 3.63) is 33.7 Å². The minimum atomic E-state index is -0.328. The predicted molar refractivity (Wildman–Crippen MR) is 109 cm³/mol. The van der Waals surface area contributed by atoms with Crippen LogP contribution in [-0.4, -0.2) is 56.2 Å². The van der Waals surface area contributed by atoms with Crippen molar-refractivity contribution in [1.29, 1.82) is 0 Å². The number of amides is 2. The molecule has 0 spiro atoms. The molecule has 144 valence electrons. The first-order chi connectivity index (χ1) is 12.4. The van der Waals surface area contributed by atoms with E-state index in [2.05, 4.69) is 27.4 Å². The second-order valence-corrected chi connectivity index (χ2v) is 7.20. The quantitative estimate of drug-likeness (QED) is 0.485. The van der Waals surface area contributed by atoms with E-state index >= 15 is 0 Å². The highest BCUT2D eigenvalue weighted by Crippen LogP contribution is 2.15. The van der Waals surface area contributed by atoms with Crippen LogP contribution < -0.4 is 10.6 Å². The number of nitrogens with zero attached hydrogens (tertiary/aromatic N) is 2. The van der Waals surface area contributed by atoms with Crippen LogP contribution in [0, 0.1) is 0 Å². The monoisotopic (exact) mass is 378 g/mol. The summed E-state index contributed by atoms with van der Waals surface area (Å²) in [5.74, 6) is -0.569. The predicted octanol–water partition coefficient (Wildman–Crippen LogP) is 2.43. The van der Waals surface area contributed by atoms with Gasteiger partial charge < -0.3 is 15.5 Å². The van der Waals surface area contributed by atoms with Gasteiger partial charge in [0, 0.05) is 18.5 Å². The number of likely N-dealkylation sites (N-methyl/N-ethyl adjacent to an activating group) is 2. The molecule has 0 bridgehead atoms. The lowest BCUT2D eigenvalue weighted by atomic mass is 10.2. The van der Waals surface area contributed by atoms with Gasteiger partial charge in [0.2, 0.25) is 5.91 Å². The summed E-state index contributed by atoms with van der Waals surface area (Å²) in [6.07, 6.45) is 2.24. The zero-order valence-corrected chi connectivity index (χ0v) is 17.2. The molecule has 0 atom stereocenters. The fourth-order valence-corrected chi connectivity index (χ4v) is 3.04. The minimum Gasteiger partial charge on any atom is -0.358 e. The molecule has 7 heteroatoms. The molecule has 0 radical (unpaired) electrons. The molecule has 2 N–H and O–H groups in total. The van der Waals surface area contributed by atoms with E-state index in [4.69, 9.17) is 0 Å². The van der Waals surface area contributed by atoms with E-state index < -0.39 is 0 Å². The third-order valence-corrected chi connectivity index (χ3v) is 4.84. The highest BCUT2D eigenvalue weighted by Gasteiger charge is 2.15. The number of nitrogens with one attached hydrogen (secondary N) is 2. The molecule has 1 heterocycles. The van der Waals surface area contributed by atoms with E-state index in [-0.39, 0.29) is 18.4 Å². The average molecular weight is 379 g/mol. The van der Waals surface area contributed by atoms with Gasteiger partial charge in [0.15, 0.2) is 0 Å². The Morgan fingerprint density at radius 2 is 2.04 bits per heavy atom.